The summed E-state index contributed by atoms with van der Waals surface area (Å²) in [6, 6.07) is 6.29. The molecule has 0 radical (unpaired) electrons. The average molecular weight is 391 g/mol. The van der Waals surface area contributed by atoms with E-state index in [1.165, 1.54) is 68.1 Å². The maximum atomic E-state index is 13.7. The lowest BCUT2D eigenvalue weighted by Gasteiger charge is -2.35. The summed E-state index contributed by atoms with van der Waals surface area (Å²) in [6.07, 6.45) is 13.8. The third-order valence-corrected chi connectivity index (χ3v) is 12.6. The van der Waals surface area contributed by atoms with Gasteiger partial charge in [0.2, 0.25) is 0 Å². The molecule has 1 aromatic rings. The topological polar surface area (TPSA) is 29.1 Å². The number of hydrogen-bond donors (Lipinski definition) is 1. The third-order valence-electron chi connectivity index (χ3n) is 6.59. The minimum Gasteiger partial charge on any atom is -0.322 e. The lowest BCUT2D eigenvalue weighted by atomic mass is 10.1. The number of hydrogen-bond acceptors (Lipinski definition) is 1. The van der Waals surface area contributed by atoms with Crippen molar-refractivity contribution in [3.05, 3.63) is 29.3 Å². The molecule has 1 amide bonds. The van der Waals surface area contributed by atoms with Gasteiger partial charge in [-0.1, -0.05) is 58.2 Å². The van der Waals surface area contributed by atoms with Crippen LogP contribution in [0.5, 0.6) is 0 Å². The standard InChI is InChI=1S/C24H40NOP/c1-6-9-17-27(18-10-7-2,19-11-8-3)24(15-16-24)23(26)25-22-20(4)13-12-14-21(22)5/h12-14H,6-11,15-19H2,1-5H3/p+1. The molecule has 1 saturated carbocycles. The van der Waals surface area contributed by atoms with Gasteiger partial charge in [-0.15, -0.1) is 0 Å². The first kappa shape index (κ1) is 22.4. The summed E-state index contributed by atoms with van der Waals surface area (Å²) in [4.78, 5) is 13.7. The molecule has 1 fully saturated rings. The highest BCUT2D eigenvalue weighted by Gasteiger charge is 2.69. The summed E-state index contributed by atoms with van der Waals surface area (Å²) in [5.41, 5.74) is 3.41. The molecule has 27 heavy (non-hydrogen) atoms. The second-order valence-corrected chi connectivity index (χ2v) is 13.1. The van der Waals surface area contributed by atoms with Crippen LogP contribution in [0.3, 0.4) is 0 Å². The van der Waals surface area contributed by atoms with Gasteiger partial charge in [0.05, 0.1) is 18.5 Å². The average Bonchev–Trinajstić information content (AvgIpc) is 3.47. The predicted molar refractivity (Wildman–Crippen MR) is 123 cm³/mol. The van der Waals surface area contributed by atoms with Crippen molar-refractivity contribution in [1.82, 2.24) is 0 Å². The van der Waals surface area contributed by atoms with Gasteiger partial charge in [-0.05, 0) is 44.2 Å². The van der Waals surface area contributed by atoms with Gasteiger partial charge < -0.3 is 5.32 Å². The number of amides is 1. The predicted octanol–water partition coefficient (Wildman–Crippen LogP) is 7.19. The molecule has 0 unspecified atom stereocenters. The first-order valence-corrected chi connectivity index (χ1v) is 13.5. The fourth-order valence-electron chi connectivity index (χ4n) is 4.64. The SMILES string of the molecule is CCCC[P+](CCCC)(CCCC)C1(C(=O)Nc2c(C)cccc2C)CC1. The summed E-state index contributed by atoms with van der Waals surface area (Å²) in [5.74, 6) is 0.344. The van der Waals surface area contributed by atoms with Gasteiger partial charge in [0.1, 0.15) is 0 Å². The van der Waals surface area contributed by atoms with Crippen LogP contribution in [0.15, 0.2) is 18.2 Å². The quantitative estimate of drug-likeness (QED) is 0.376. The largest absolute Gasteiger partial charge is 0.322 e. The van der Waals surface area contributed by atoms with E-state index in [4.69, 9.17) is 0 Å². The van der Waals surface area contributed by atoms with E-state index < -0.39 is 7.26 Å². The summed E-state index contributed by atoms with van der Waals surface area (Å²) in [5, 5.41) is 3.38. The maximum Gasteiger partial charge on any atom is 0.268 e. The van der Waals surface area contributed by atoms with Crippen molar-refractivity contribution in [1.29, 1.82) is 0 Å². The molecule has 1 aliphatic rings. The minimum absolute atomic E-state index is 0.0266. The lowest BCUT2D eigenvalue weighted by molar-refractivity contribution is -0.116. The highest BCUT2D eigenvalue weighted by molar-refractivity contribution is 7.78. The van der Waals surface area contributed by atoms with E-state index in [0.717, 1.165) is 18.5 Å². The molecule has 1 aliphatic carbocycles. The summed E-state index contributed by atoms with van der Waals surface area (Å²) in [7, 11) is -1.27. The molecule has 2 nitrogen and oxygen atoms in total. The number of aryl methyl sites for hydroxylation is 2. The first-order chi connectivity index (χ1) is 13.0. The molecule has 0 spiro atoms. The summed E-state index contributed by atoms with van der Waals surface area (Å²) in [6.45, 7) is 11.1. The van der Waals surface area contributed by atoms with Crippen molar-refractivity contribution >= 4 is 18.9 Å². The highest BCUT2D eigenvalue weighted by atomic mass is 31.2. The molecule has 152 valence electrons. The van der Waals surface area contributed by atoms with Crippen LogP contribution in [0.4, 0.5) is 5.69 Å². The Morgan fingerprint density at radius 3 is 1.74 bits per heavy atom. The Hall–Kier alpha value is -0.880. The molecule has 3 heteroatoms. The second kappa shape index (κ2) is 10.1. The van der Waals surface area contributed by atoms with Crippen molar-refractivity contribution in [3.63, 3.8) is 0 Å². The van der Waals surface area contributed by atoms with Crippen LogP contribution in [0.2, 0.25) is 0 Å². The number of carbonyl (C=O) groups is 1. The zero-order valence-electron chi connectivity index (χ0n) is 18.4. The van der Waals surface area contributed by atoms with Crippen LogP contribution in [-0.2, 0) is 4.79 Å². The van der Waals surface area contributed by atoms with Gasteiger partial charge in [0.15, 0.2) is 5.16 Å². The molecule has 1 N–H and O–H groups in total. The number of para-hydroxylation sites is 1. The van der Waals surface area contributed by atoms with Crippen LogP contribution >= 0.6 is 7.26 Å². The normalized spacial score (nSPS) is 15.6. The zero-order valence-corrected chi connectivity index (χ0v) is 19.3. The Morgan fingerprint density at radius 2 is 1.37 bits per heavy atom. The molecule has 0 aliphatic heterocycles. The fourth-order valence-corrected chi connectivity index (χ4v) is 10.9. The Balaban J connectivity index is 2.32. The Morgan fingerprint density at radius 1 is 0.926 bits per heavy atom. The van der Waals surface area contributed by atoms with Gasteiger partial charge in [-0.3, -0.25) is 4.79 Å². The number of rotatable bonds is 12. The molecular weight excluding hydrogens is 349 g/mol. The Labute approximate surface area is 168 Å². The van der Waals surface area contributed by atoms with Gasteiger partial charge >= 0.3 is 0 Å². The van der Waals surface area contributed by atoms with E-state index in [0.29, 0.717) is 5.91 Å². The second-order valence-electron chi connectivity index (χ2n) is 8.63. The smallest absolute Gasteiger partial charge is 0.268 e. The van der Waals surface area contributed by atoms with Gasteiger partial charge in [-0.2, -0.15) is 0 Å². The number of carbonyl (C=O) groups excluding carboxylic acids is 1. The van der Waals surface area contributed by atoms with E-state index in [9.17, 15) is 4.79 Å². The Kier molecular flexibility index (Phi) is 8.35. The molecule has 0 saturated heterocycles. The van der Waals surface area contributed by atoms with Crippen molar-refractivity contribution in [2.24, 2.45) is 0 Å². The molecule has 0 atom stereocenters. The van der Waals surface area contributed by atoms with Crippen molar-refractivity contribution in [3.8, 4) is 0 Å². The van der Waals surface area contributed by atoms with Crippen LogP contribution in [-0.4, -0.2) is 29.5 Å². The van der Waals surface area contributed by atoms with E-state index in [-0.39, 0.29) is 5.16 Å². The van der Waals surface area contributed by atoms with E-state index >= 15 is 0 Å². The van der Waals surface area contributed by atoms with Crippen LogP contribution < -0.4 is 5.32 Å². The number of anilines is 1. The summed E-state index contributed by atoms with van der Waals surface area (Å²) >= 11 is 0. The maximum absolute atomic E-state index is 13.7. The van der Waals surface area contributed by atoms with E-state index in [1.807, 2.05) is 0 Å². The molecule has 0 heterocycles. The molecule has 0 aromatic heterocycles. The lowest BCUT2D eigenvalue weighted by Crippen LogP contribution is -2.36. The number of benzene rings is 1. The first-order valence-electron chi connectivity index (χ1n) is 11.2. The van der Waals surface area contributed by atoms with Crippen molar-refractivity contribution in [2.75, 3.05) is 23.8 Å². The molecule has 0 bridgehead atoms. The van der Waals surface area contributed by atoms with Crippen LogP contribution in [0.1, 0.15) is 83.3 Å². The highest BCUT2D eigenvalue weighted by Crippen LogP contribution is 2.79. The third kappa shape index (κ3) is 4.94. The molecule has 1 aromatic carbocycles. The number of nitrogens with one attached hydrogen (secondary N) is 1. The zero-order chi connectivity index (χ0) is 19.9. The van der Waals surface area contributed by atoms with Gasteiger partial charge in [0, 0.05) is 25.8 Å². The Bertz CT molecular complexity index is 579. The monoisotopic (exact) mass is 390 g/mol. The van der Waals surface area contributed by atoms with Crippen LogP contribution in [0, 0.1) is 13.8 Å². The van der Waals surface area contributed by atoms with E-state index in [1.54, 1.807) is 0 Å². The molecular formula is C24H41NOP+. The van der Waals surface area contributed by atoms with E-state index in [2.05, 4.69) is 58.1 Å². The fraction of sp³-hybridized carbons (Fsp3) is 0.708. The summed E-state index contributed by atoms with van der Waals surface area (Å²) < 4.78 is 0. The number of unbranched alkanes of at least 4 members (excludes halogenated alkanes) is 3. The van der Waals surface area contributed by atoms with Gasteiger partial charge in [-0.25, -0.2) is 0 Å². The van der Waals surface area contributed by atoms with Gasteiger partial charge in [0.25, 0.3) is 5.91 Å². The minimum atomic E-state index is -1.27. The molecule has 2 rings (SSSR count). The van der Waals surface area contributed by atoms with Crippen molar-refractivity contribution in [2.45, 2.75) is 91.1 Å². The van der Waals surface area contributed by atoms with Crippen molar-refractivity contribution < 1.29 is 4.79 Å². The van der Waals surface area contributed by atoms with Crippen LogP contribution in [0.25, 0.3) is 0 Å².